The van der Waals surface area contributed by atoms with E-state index in [1.165, 1.54) is 77.3 Å². The number of halogens is 1. The Balaban J connectivity index is 0.000000896. The number of hydrogen-bond donors (Lipinski definition) is 1. The summed E-state index contributed by atoms with van der Waals surface area (Å²) in [5, 5.41) is 8.72. The number of dihydropyridines is 1. The molecule has 1 nitrogen and oxygen atoms in total. The van der Waals surface area contributed by atoms with Crippen molar-refractivity contribution in [2.75, 3.05) is 11.5 Å². The van der Waals surface area contributed by atoms with Gasteiger partial charge in [-0.3, -0.25) is 0 Å². The molecule has 0 atom stereocenters. The highest BCUT2D eigenvalue weighted by Gasteiger charge is 2.23. The second-order valence-corrected chi connectivity index (χ2v) is 11.2. The highest BCUT2D eigenvalue weighted by atomic mass is 127. The molecule has 228 valence electrons. The normalized spacial score (nSPS) is 13.1. The largest absolute Gasteiger partial charge is 0.381 e. The molecule has 0 saturated heterocycles. The maximum absolute atomic E-state index is 3.49. The lowest BCUT2D eigenvalue weighted by atomic mass is 9.79. The molecule has 0 amide bonds. The number of allylic oxidation sites excluding steroid dienone is 3. The summed E-state index contributed by atoms with van der Waals surface area (Å²) in [5.74, 6) is 0. The SMILES string of the molecule is C1=CCNC(c2ccc(-c3c4c(c(-c5ccc(-c6ccccc6)c6ccccc56)c5ccccc35)CCC=C4)cc2)=C1.CC.CI. The second-order valence-electron chi connectivity index (χ2n) is 11.2. The van der Waals surface area contributed by atoms with Gasteiger partial charge in [0.15, 0.2) is 0 Å². The third-order valence-electron chi connectivity index (χ3n) is 8.78. The third kappa shape index (κ3) is 5.94. The second kappa shape index (κ2) is 14.8. The number of hydrogen-bond acceptors (Lipinski definition) is 1. The fourth-order valence-electron chi connectivity index (χ4n) is 6.86. The zero-order valence-electron chi connectivity index (χ0n) is 26.9. The first-order valence-corrected chi connectivity index (χ1v) is 18.4. The highest BCUT2D eigenvalue weighted by Crippen LogP contribution is 2.47. The minimum absolute atomic E-state index is 0.874. The molecule has 0 spiro atoms. The molecule has 2 aliphatic rings. The third-order valence-corrected chi connectivity index (χ3v) is 8.78. The molecule has 0 aromatic heterocycles. The minimum atomic E-state index is 0.874. The Bertz CT molecular complexity index is 2060. The first-order chi connectivity index (χ1) is 22.9. The van der Waals surface area contributed by atoms with E-state index in [2.05, 4.69) is 174 Å². The molecule has 1 N–H and O–H groups in total. The summed E-state index contributed by atoms with van der Waals surface area (Å²) in [5.41, 5.74) is 13.0. The van der Waals surface area contributed by atoms with E-state index in [1.807, 2.05) is 18.8 Å². The van der Waals surface area contributed by atoms with Gasteiger partial charge in [0.1, 0.15) is 0 Å². The van der Waals surface area contributed by atoms with Crippen LogP contribution in [0.15, 0.2) is 140 Å². The van der Waals surface area contributed by atoms with Crippen molar-refractivity contribution in [2.45, 2.75) is 26.7 Å². The monoisotopic (exact) mass is 709 g/mol. The van der Waals surface area contributed by atoms with Gasteiger partial charge in [0, 0.05) is 12.2 Å². The van der Waals surface area contributed by atoms with E-state index in [1.54, 1.807) is 0 Å². The lowest BCUT2D eigenvalue weighted by molar-refractivity contribution is 0.991. The summed E-state index contributed by atoms with van der Waals surface area (Å²) < 4.78 is 0. The molecule has 1 heterocycles. The van der Waals surface area contributed by atoms with E-state index >= 15 is 0 Å². The fraction of sp³-hybridized carbons (Fsp3) is 0.136. The Morgan fingerprint density at radius 3 is 1.80 bits per heavy atom. The van der Waals surface area contributed by atoms with Crippen LogP contribution in [0.1, 0.15) is 37.0 Å². The van der Waals surface area contributed by atoms with Gasteiger partial charge in [0.05, 0.1) is 0 Å². The summed E-state index contributed by atoms with van der Waals surface area (Å²) in [4.78, 5) is 1.97. The van der Waals surface area contributed by atoms with E-state index in [0.29, 0.717) is 0 Å². The maximum atomic E-state index is 3.49. The van der Waals surface area contributed by atoms with Crippen molar-refractivity contribution < 1.29 is 0 Å². The molecular formula is C44H40IN. The van der Waals surface area contributed by atoms with Gasteiger partial charge in [-0.2, -0.15) is 0 Å². The van der Waals surface area contributed by atoms with Gasteiger partial charge in [0.2, 0.25) is 0 Å². The van der Waals surface area contributed by atoms with Crippen LogP contribution >= 0.6 is 22.6 Å². The average molecular weight is 710 g/mol. The zero-order chi connectivity index (χ0) is 31.9. The molecule has 0 fully saturated rings. The van der Waals surface area contributed by atoms with Crippen LogP contribution in [-0.2, 0) is 6.42 Å². The molecule has 6 aromatic rings. The first kappa shape index (κ1) is 31.6. The van der Waals surface area contributed by atoms with Gasteiger partial charge in [-0.05, 0) is 95.5 Å². The summed E-state index contributed by atoms with van der Waals surface area (Å²) in [6.45, 7) is 4.87. The molecule has 2 heteroatoms. The van der Waals surface area contributed by atoms with Crippen molar-refractivity contribution in [2.24, 2.45) is 0 Å². The predicted molar refractivity (Wildman–Crippen MR) is 212 cm³/mol. The molecule has 1 aliphatic heterocycles. The van der Waals surface area contributed by atoms with Gasteiger partial charge >= 0.3 is 0 Å². The Morgan fingerprint density at radius 2 is 1.13 bits per heavy atom. The van der Waals surface area contributed by atoms with E-state index in [9.17, 15) is 0 Å². The number of rotatable bonds is 4. The Kier molecular flexibility index (Phi) is 10.1. The molecule has 0 saturated carbocycles. The van der Waals surface area contributed by atoms with Crippen molar-refractivity contribution in [1.29, 1.82) is 0 Å². The summed E-state index contributed by atoms with van der Waals surface area (Å²) in [6.07, 6.45) is 13.2. The van der Waals surface area contributed by atoms with E-state index < -0.39 is 0 Å². The molecule has 8 rings (SSSR count). The van der Waals surface area contributed by atoms with Gasteiger partial charge in [0.25, 0.3) is 0 Å². The molecule has 0 bridgehead atoms. The lowest BCUT2D eigenvalue weighted by Gasteiger charge is -2.25. The molecular weight excluding hydrogens is 669 g/mol. The predicted octanol–water partition coefficient (Wildman–Crippen LogP) is 12.5. The fourth-order valence-corrected chi connectivity index (χ4v) is 6.86. The van der Waals surface area contributed by atoms with E-state index in [-0.39, 0.29) is 0 Å². The number of fused-ring (bicyclic) bond motifs is 3. The maximum Gasteiger partial charge on any atom is 0.0416 e. The van der Waals surface area contributed by atoms with Crippen LogP contribution in [0.25, 0.3) is 66.7 Å². The van der Waals surface area contributed by atoms with Crippen LogP contribution in [0.2, 0.25) is 0 Å². The van der Waals surface area contributed by atoms with Crippen molar-refractivity contribution in [3.63, 3.8) is 0 Å². The molecule has 46 heavy (non-hydrogen) atoms. The summed E-state index contributed by atoms with van der Waals surface area (Å²) >= 11 is 2.15. The zero-order valence-corrected chi connectivity index (χ0v) is 29.0. The standard InChI is InChI=1S/C41H31N.C2H6.CH3I/c1-2-12-28(13-3-1)31-25-26-38(33-15-5-4-14-32(31)33)41-36-18-8-6-16-34(36)40(35-17-7-9-19-37(35)41)30-23-21-29(22-24-30)39-20-10-11-27-42-39;2*1-2/h1-8,10-18,20-26,42H,9,19,27H2;1-2H3;1H3. The molecule has 0 radical (unpaired) electrons. The van der Waals surface area contributed by atoms with Crippen LogP contribution < -0.4 is 5.32 Å². The van der Waals surface area contributed by atoms with Crippen molar-refractivity contribution in [3.8, 4) is 33.4 Å². The van der Waals surface area contributed by atoms with E-state index in [4.69, 9.17) is 0 Å². The van der Waals surface area contributed by atoms with Crippen LogP contribution in [0.5, 0.6) is 0 Å². The van der Waals surface area contributed by atoms with Crippen molar-refractivity contribution >= 4 is 55.9 Å². The Morgan fingerprint density at radius 1 is 0.543 bits per heavy atom. The number of alkyl halides is 1. The van der Waals surface area contributed by atoms with Crippen molar-refractivity contribution in [1.82, 2.24) is 5.32 Å². The number of benzene rings is 6. The van der Waals surface area contributed by atoms with Crippen LogP contribution in [0.4, 0.5) is 0 Å². The Hall–Kier alpha value is -4.41. The van der Waals surface area contributed by atoms with Crippen molar-refractivity contribution in [3.05, 3.63) is 156 Å². The smallest absolute Gasteiger partial charge is 0.0416 e. The quantitative estimate of drug-likeness (QED) is 0.142. The average Bonchev–Trinajstić information content (AvgIpc) is 3.16. The lowest BCUT2D eigenvalue weighted by Crippen LogP contribution is -2.14. The summed E-state index contributed by atoms with van der Waals surface area (Å²) in [6, 6.07) is 42.5. The number of nitrogens with one attached hydrogen (secondary N) is 1. The van der Waals surface area contributed by atoms with Gasteiger partial charge in [-0.1, -0.05) is 176 Å². The first-order valence-electron chi connectivity index (χ1n) is 16.3. The van der Waals surface area contributed by atoms with Gasteiger partial charge in [-0.25, -0.2) is 0 Å². The van der Waals surface area contributed by atoms with Gasteiger partial charge < -0.3 is 5.32 Å². The minimum Gasteiger partial charge on any atom is -0.381 e. The molecule has 6 aromatic carbocycles. The van der Waals surface area contributed by atoms with Crippen LogP contribution in [0.3, 0.4) is 0 Å². The Labute approximate surface area is 287 Å². The summed E-state index contributed by atoms with van der Waals surface area (Å²) in [7, 11) is 0. The van der Waals surface area contributed by atoms with Crippen LogP contribution in [0, 0.1) is 0 Å². The molecule has 0 unspecified atom stereocenters. The topological polar surface area (TPSA) is 12.0 Å². The van der Waals surface area contributed by atoms with E-state index in [0.717, 1.165) is 19.4 Å². The molecule has 1 aliphatic carbocycles. The van der Waals surface area contributed by atoms with Crippen LogP contribution in [-0.4, -0.2) is 11.5 Å². The highest BCUT2D eigenvalue weighted by molar-refractivity contribution is 14.1. The van der Waals surface area contributed by atoms with Gasteiger partial charge in [-0.15, -0.1) is 0 Å².